The summed E-state index contributed by atoms with van der Waals surface area (Å²) in [4.78, 5) is 2.37. The van der Waals surface area contributed by atoms with Crippen molar-refractivity contribution in [3.8, 4) is 55.6 Å². The highest BCUT2D eigenvalue weighted by atomic mass is 32.1. The van der Waals surface area contributed by atoms with Crippen LogP contribution in [0.25, 0.3) is 97.4 Å². The van der Waals surface area contributed by atoms with Gasteiger partial charge in [0, 0.05) is 37.2 Å². The molecule has 1 heterocycles. The Morgan fingerprint density at radius 1 is 0.219 bits per heavy atom. The molecule has 0 amide bonds. The first-order valence-corrected chi connectivity index (χ1v) is 22.7. The zero-order valence-corrected chi connectivity index (χ0v) is 35.8. The van der Waals surface area contributed by atoms with Crippen molar-refractivity contribution in [2.45, 2.75) is 0 Å². The Balaban J connectivity index is 0.925. The smallest absolute Gasteiger partial charge is 0.0462 e. The molecule has 0 aliphatic carbocycles. The van der Waals surface area contributed by atoms with E-state index in [1.54, 1.807) is 0 Å². The van der Waals surface area contributed by atoms with Crippen LogP contribution >= 0.6 is 11.3 Å². The maximum atomic E-state index is 2.37. The molecule has 0 aliphatic rings. The number of fused-ring (bicyclic) bond motifs is 6. The Kier molecular flexibility index (Phi) is 9.43. The molecule has 0 saturated heterocycles. The molecular formula is C62H41NS. The average Bonchev–Trinajstić information content (AvgIpc) is 3.75. The lowest BCUT2D eigenvalue weighted by atomic mass is 9.93. The molecule has 12 rings (SSSR count). The van der Waals surface area contributed by atoms with E-state index in [0.29, 0.717) is 0 Å². The van der Waals surface area contributed by atoms with Gasteiger partial charge in [-0.25, -0.2) is 0 Å². The van der Waals surface area contributed by atoms with Gasteiger partial charge in [-0.2, -0.15) is 0 Å². The molecule has 0 radical (unpaired) electrons. The minimum Gasteiger partial charge on any atom is -0.311 e. The lowest BCUT2D eigenvalue weighted by Crippen LogP contribution is -2.09. The van der Waals surface area contributed by atoms with Crippen LogP contribution in [-0.2, 0) is 0 Å². The van der Waals surface area contributed by atoms with E-state index < -0.39 is 0 Å². The van der Waals surface area contributed by atoms with E-state index in [1.807, 2.05) is 11.3 Å². The summed E-state index contributed by atoms with van der Waals surface area (Å²) in [5.41, 5.74) is 15.3. The molecule has 300 valence electrons. The number of anilines is 3. The third kappa shape index (κ3) is 7.01. The van der Waals surface area contributed by atoms with Crippen LogP contribution in [0.2, 0.25) is 0 Å². The van der Waals surface area contributed by atoms with Gasteiger partial charge in [0.1, 0.15) is 0 Å². The topological polar surface area (TPSA) is 3.24 Å². The lowest BCUT2D eigenvalue weighted by molar-refractivity contribution is 1.28. The molecule has 1 nitrogen and oxygen atoms in total. The third-order valence-electron chi connectivity index (χ3n) is 12.6. The van der Waals surface area contributed by atoms with Crippen molar-refractivity contribution in [1.82, 2.24) is 0 Å². The first-order chi connectivity index (χ1) is 31.7. The summed E-state index contributed by atoms with van der Waals surface area (Å²) in [5.74, 6) is 0. The van der Waals surface area contributed by atoms with Crippen LogP contribution in [0.15, 0.2) is 249 Å². The fraction of sp³-hybridized carbons (Fsp3) is 0. The summed E-state index contributed by atoms with van der Waals surface area (Å²) < 4.78 is 2.65. The normalized spacial score (nSPS) is 11.4. The molecule has 64 heavy (non-hydrogen) atoms. The predicted octanol–water partition coefficient (Wildman–Crippen LogP) is 18.2. The van der Waals surface area contributed by atoms with Gasteiger partial charge in [-0.3, -0.25) is 0 Å². The molecule has 0 atom stereocenters. The van der Waals surface area contributed by atoms with Gasteiger partial charge in [-0.1, -0.05) is 170 Å². The summed E-state index contributed by atoms with van der Waals surface area (Å²) in [6, 6.07) is 91.0. The average molecular weight is 832 g/mol. The summed E-state index contributed by atoms with van der Waals surface area (Å²) in [5, 5.41) is 7.72. The van der Waals surface area contributed by atoms with Crippen LogP contribution in [0, 0.1) is 0 Å². The highest BCUT2D eigenvalue weighted by molar-refractivity contribution is 7.25. The van der Waals surface area contributed by atoms with E-state index in [1.165, 1.54) is 97.4 Å². The van der Waals surface area contributed by atoms with Gasteiger partial charge in [0.25, 0.3) is 0 Å². The fourth-order valence-electron chi connectivity index (χ4n) is 9.34. The van der Waals surface area contributed by atoms with Gasteiger partial charge in [0.15, 0.2) is 0 Å². The van der Waals surface area contributed by atoms with Crippen molar-refractivity contribution in [2.24, 2.45) is 0 Å². The van der Waals surface area contributed by atoms with E-state index in [0.717, 1.165) is 17.1 Å². The van der Waals surface area contributed by atoms with Gasteiger partial charge in [0.05, 0.1) is 0 Å². The molecule has 2 heteroatoms. The van der Waals surface area contributed by atoms with Crippen molar-refractivity contribution in [3.63, 3.8) is 0 Å². The molecule has 0 saturated carbocycles. The molecule has 12 aromatic rings. The number of thiophene rings is 1. The second-order valence-electron chi connectivity index (χ2n) is 16.5. The Hall–Kier alpha value is -8.04. The van der Waals surface area contributed by atoms with Gasteiger partial charge in [-0.15, -0.1) is 11.3 Å². The van der Waals surface area contributed by atoms with Crippen LogP contribution in [-0.4, -0.2) is 0 Å². The Morgan fingerprint density at radius 3 is 1.22 bits per heavy atom. The number of hydrogen-bond donors (Lipinski definition) is 0. The molecule has 1 aromatic heterocycles. The van der Waals surface area contributed by atoms with Crippen molar-refractivity contribution in [2.75, 3.05) is 4.90 Å². The predicted molar refractivity (Wildman–Crippen MR) is 276 cm³/mol. The molecule has 0 aliphatic heterocycles. The van der Waals surface area contributed by atoms with Crippen LogP contribution in [0.5, 0.6) is 0 Å². The maximum absolute atomic E-state index is 2.37. The summed E-state index contributed by atoms with van der Waals surface area (Å²) in [6.45, 7) is 0. The SMILES string of the molecule is c1ccc(-c2cc(-c3ccccc3)cc(-c3ccc(N(c4ccc(-c5ccc6c(ccc7ccccc76)c5)cc4)c4ccc(-c5ccc6sc7ccccc7c6c5)cc4)cc3)c2)cc1. The van der Waals surface area contributed by atoms with Crippen molar-refractivity contribution in [3.05, 3.63) is 249 Å². The maximum Gasteiger partial charge on any atom is 0.0462 e. The number of nitrogens with zero attached hydrogens (tertiary/aromatic N) is 1. The van der Waals surface area contributed by atoms with E-state index in [2.05, 4.69) is 254 Å². The quantitative estimate of drug-likeness (QED) is 0.138. The van der Waals surface area contributed by atoms with Gasteiger partial charge in [0.2, 0.25) is 0 Å². The van der Waals surface area contributed by atoms with E-state index in [9.17, 15) is 0 Å². The minimum absolute atomic E-state index is 1.09. The van der Waals surface area contributed by atoms with Crippen LogP contribution in [0.4, 0.5) is 17.1 Å². The minimum atomic E-state index is 1.09. The van der Waals surface area contributed by atoms with Crippen molar-refractivity contribution in [1.29, 1.82) is 0 Å². The van der Waals surface area contributed by atoms with Crippen molar-refractivity contribution < 1.29 is 0 Å². The monoisotopic (exact) mass is 831 g/mol. The Labute approximate surface area is 377 Å². The highest BCUT2D eigenvalue weighted by Gasteiger charge is 2.16. The van der Waals surface area contributed by atoms with E-state index >= 15 is 0 Å². The van der Waals surface area contributed by atoms with E-state index in [4.69, 9.17) is 0 Å². The van der Waals surface area contributed by atoms with E-state index in [-0.39, 0.29) is 0 Å². The summed E-state index contributed by atoms with van der Waals surface area (Å²) >= 11 is 1.86. The Morgan fingerprint density at radius 2 is 0.625 bits per heavy atom. The molecule has 0 N–H and O–H groups in total. The zero-order chi connectivity index (χ0) is 42.4. The van der Waals surface area contributed by atoms with Crippen LogP contribution < -0.4 is 4.90 Å². The number of rotatable bonds is 8. The molecular weight excluding hydrogens is 791 g/mol. The highest BCUT2D eigenvalue weighted by Crippen LogP contribution is 2.41. The molecule has 11 aromatic carbocycles. The number of hydrogen-bond acceptors (Lipinski definition) is 2. The van der Waals surface area contributed by atoms with Crippen molar-refractivity contribution >= 4 is 70.1 Å². The lowest BCUT2D eigenvalue weighted by Gasteiger charge is -2.26. The van der Waals surface area contributed by atoms with Gasteiger partial charge in [-0.05, 0) is 156 Å². The first-order valence-electron chi connectivity index (χ1n) is 21.9. The molecule has 0 fully saturated rings. The molecule has 0 spiro atoms. The second kappa shape index (κ2) is 16.0. The van der Waals surface area contributed by atoms with Crippen LogP contribution in [0.3, 0.4) is 0 Å². The summed E-state index contributed by atoms with van der Waals surface area (Å²) in [6.07, 6.45) is 0. The molecule has 0 bridgehead atoms. The largest absolute Gasteiger partial charge is 0.311 e. The second-order valence-corrected chi connectivity index (χ2v) is 17.6. The van der Waals surface area contributed by atoms with Gasteiger partial charge >= 0.3 is 0 Å². The fourth-order valence-corrected chi connectivity index (χ4v) is 10.4. The first kappa shape index (κ1) is 37.7. The number of benzene rings is 11. The standard InChI is InChI=1S/C62H41NS/c1-3-11-42(12-4-1)51-38-52(43-13-5-2-6-14-43)40-53(39-51)46-25-33-56(34-26-46)63(55-31-23-45(24-32-55)49-28-36-62-60(41-49)59-17-9-10-18-61(59)64-62)54-29-21-44(22-30-54)48-27-35-58-50(37-48)20-19-47-15-7-8-16-57(47)58/h1-41H. The zero-order valence-electron chi connectivity index (χ0n) is 35.0. The summed E-state index contributed by atoms with van der Waals surface area (Å²) in [7, 11) is 0. The third-order valence-corrected chi connectivity index (χ3v) is 13.8. The van der Waals surface area contributed by atoms with Crippen LogP contribution in [0.1, 0.15) is 0 Å². The van der Waals surface area contributed by atoms with Gasteiger partial charge < -0.3 is 4.90 Å². The molecule has 0 unspecified atom stereocenters. The Bertz CT molecular complexity index is 3570.